The van der Waals surface area contributed by atoms with Gasteiger partial charge in [-0.25, -0.2) is 13.1 Å². The molecule has 5 nitrogen and oxygen atoms in total. The number of aliphatic hydroxyl groups is 1. The van der Waals surface area contributed by atoms with Crippen molar-refractivity contribution in [2.75, 3.05) is 20.3 Å². The number of nitrogens with one attached hydrogen (secondary N) is 1. The average molecular weight is 404 g/mol. The highest BCUT2D eigenvalue weighted by atomic mass is 32.2. The van der Waals surface area contributed by atoms with Gasteiger partial charge in [0.15, 0.2) is 0 Å². The predicted molar refractivity (Wildman–Crippen MR) is 110 cm³/mol. The smallest absolute Gasteiger partial charge is 0.240 e. The number of benzene rings is 2. The van der Waals surface area contributed by atoms with E-state index < -0.39 is 10.0 Å². The van der Waals surface area contributed by atoms with Crippen LogP contribution in [0, 0.1) is 5.41 Å². The quantitative estimate of drug-likeness (QED) is 0.674. The van der Waals surface area contributed by atoms with Crippen LogP contribution >= 0.6 is 0 Å². The van der Waals surface area contributed by atoms with Crippen LogP contribution in [0.25, 0.3) is 0 Å². The lowest BCUT2D eigenvalue weighted by atomic mass is 9.80. The predicted octanol–water partition coefficient (Wildman–Crippen LogP) is 3.31. The van der Waals surface area contributed by atoms with Gasteiger partial charge in [-0.1, -0.05) is 37.1 Å². The lowest BCUT2D eigenvalue weighted by Gasteiger charge is -2.29. The third-order valence-electron chi connectivity index (χ3n) is 5.67. The number of sulfonamides is 1. The zero-order valence-corrected chi connectivity index (χ0v) is 17.2. The average Bonchev–Trinajstić information content (AvgIpc) is 3.17. The van der Waals surface area contributed by atoms with Crippen molar-refractivity contribution in [3.05, 3.63) is 59.7 Å². The standard InChI is InChI=1S/C22H29NO4S/c1-27-20-8-10-21(11-9-20)28(25,26)23-17-22(13-2-3-14-22)16-19-6-4-18(5-7-19)12-15-24/h4-11,23-24H,2-3,12-17H2,1H3. The van der Waals surface area contributed by atoms with Gasteiger partial charge >= 0.3 is 0 Å². The van der Waals surface area contributed by atoms with E-state index in [0.717, 1.165) is 37.7 Å². The fourth-order valence-corrected chi connectivity index (χ4v) is 5.17. The molecule has 0 unspecified atom stereocenters. The Morgan fingerprint density at radius 3 is 2.18 bits per heavy atom. The summed E-state index contributed by atoms with van der Waals surface area (Å²) in [7, 11) is -1.99. The Bertz CT molecular complexity index is 854. The Hall–Kier alpha value is -1.89. The molecule has 2 aromatic carbocycles. The van der Waals surface area contributed by atoms with Gasteiger partial charge in [0.2, 0.25) is 10.0 Å². The van der Waals surface area contributed by atoms with E-state index in [1.807, 2.05) is 0 Å². The van der Waals surface area contributed by atoms with Crippen molar-refractivity contribution >= 4 is 10.0 Å². The SMILES string of the molecule is COc1ccc(S(=O)(=O)NCC2(Cc3ccc(CCO)cc3)CCCC2)cc1. The first-order valence-corrected chi connectivity index (χ1v) is 11.3. The molecular formula is C22H29NO4S. The molecule has 0 spiro atoms. The molecular weight excluding hydrogens is 374 g/mol. The minimum Gasteiger partial charge on any atom is -0.497 e. The minimum atomic E-state index is -3.55. The van der Waals surface area contributed by atoms with E-state index in [4.69, 9.17) is 9.84 Å². The summed E-state index contributed by atoms with van der Waals surface area (Å²) >= 11 is 0. The van der Waals surface area contributed by atoms with E-state index in [9.17, 15) is 8.42 Å². The summed E-state index contributed by atoms with van der Waals surface area (Å²) in [5.74, 6) is 0.635. The van der Waals surface area contributed by atoms with E-state index in [2.05, 4.69) is 29.0 Å². The highest BCUT2D eigenvalue weighted by Crippen LogP contribution is 2.40. The number of hydrogen-bond acceptors (Lipinski definition) is 4. The maximum Gasteiger partial charge on any atom is 0.240 e. The van der Waals surface area contributed by atoms with Crippen molar-refractivity contribution in [3.63, 3.8) is 0 Å². The molecule has 1 aliphatic rings. The van der Waals surface area contributed by atoms with Crippen LogP contribution in [0.15, 0.2) is 53.4 Å². The van der Waals surface area contributed by atoms with Crippen LogP contribution in [0.4, 0.5) is 0 Å². The zero-order chi connectivity index (χ0) is 20.0. The second kappa shape index (κ2) is 9.07. The van der Waals surface area contributed by atoms with Gasteiger partial charge in [0.1, 0.15) is 5.75 Å². The van der Waals surface area contributed by atoms with Gasteiger partial charge in [-0.05, 0) is 66.5 Å². The van der Waals surface area contributed by atoms with Crippen LogP contribution in [-0.4, -0.2) is 33.8 Å². The molecule has 3 rings (SSSR count). The minimum absolute atomic E-state index is 0.0436. The summed E-state index contributed by atoms with van der Waals surface area (Å²) in [5.41, 5.74) is 2.29. The molecule has 1 saturated carbocycles. The summed E-state index contributed by atoms with van der Waals surface area (Å²) in [6.07, 6.45) is 5.83. The van der Waals surface area contributed by atoms with Crippen LogP contribution in [0.3, 0.4) is 0 Å². The highest BCUT2D eigenvalue weighted by Gasteiger charge is 2.35. The number of rotatable bonds is 9. The maximum absolute atomic E-state index is 12.7. The van der Waals surface area contributed by atoms with Crippen molar-refractivity contribution in [1.82, 2.24) is 4.72 Å². The zero-order valence-electron chi connectivity index (χ0n) is 16.4. The lowest BCUT2D eigenvalue weighted by molar-refractivity contribution is 0.294. The first-order valence-electron chi connectivity index (χ1n) is 9.79. The molecule has 6 heteroatoms. The Labute approximate surface area is 167 Å². The molecule has 0 bridgehead atoms. The van der Waals surface area contributed by atoms with Crippen molar-refractivity contribution < 1.29 is 18.3 Å². The molecule has 0 atom stereocenters. The second-order valence-electron chi connectivity index (χ2n) is 7.67. The van der Waals surface area contributed by atoms with Crippen molar-refractivity contribution in [1.29, 1.82) is 0 Å². The van der Waals surface area contributed by atoms with E-state index in [1.165, 1.54) is 5.56 Å². The maximum atomic E-state index is 12.7. The van der Waals surface area contributed by atoms with Crippen LogP contribution < -0.4 is 9.46 Å². The van der Waals surface area contributed by atoms with Gasteiger partial charge in [-0.15, -0.1) is 0 Å². The third-order valence-corrected chi connectivity index (χ3v) is 7.09. The summed E-state index contributed by atoms with van der Waals surface area (Å²) in [6.45, 7) is 0.593. The van der Waals surface area contributed by atoms with Gasteiger partial charge in [-0.2, -0.15) is 0 Å². The van der Waals surface area contributed by atoms with E-state index in [0.29, 0.717) is 18.7 Å². The number of methoxy groups -OCH3 is 1. The van der Waals surface area contributed by atoms with E-state index in [1.54, 1.807) is 31.4 Å². The molecule has 0 aliphatic heterocycles. The van der Waals surface area contributed by atoms with Gasteiger partial charge in [0.25, 0.3) is 0 Å². The molecule has 2 aromatic rings. The molecule has 1 aliphatic carbocycles. The molecule has 152 valence electrons. The molecule has 2 N–H and O–H groups in total. The van der Waals surface area contributed by atoms with Gasteiger partial charge in [0, 0.05) is 13.2 Å². The topological polar surface area (TPSA) is 75.6 Å². The monoisotopic (exact) mass is 403 g/mol. The van der Waals surface area contributed by atoms with E-state index in [-0.39, 0.29) is 16.9 Å². The van der Waals surface area contributed by atoms with Crippen molar-refractivity contribution in [2.24, 2.45) is 5.41 Å². The van der Waals surface area contributed by atoms with Crippen LogP contribution in [0.2, 0.25) is 0 Å². The van der Waals surface area contributed by atoms with Gasteiger partial charge < -0.3 is 9.84 Å². The Morgan fingerprint density at radius 1 is 1.00 bits per heavy atom. The third kappa shape index (κ3) is 5.13. The number of hydrogen-bond donors (Lipinski definition) is 2. The van der Waals surface area contributed by atoms with Crippen molar-refractivity contribution in [3.8, 4) is 5.75 Å². The first kappa shape index (κ1) is 20.8. The van der Waals surface area contributed by atoms with Gasteiger partial charge in [0.05, 0.1) is 12.0 Å². The molecule has 0 aromatic heterocycles. The van der Waals surface area contributed by atoms with Crippen molar-refractivity contribution in [2.45, 2.75) is 43.4 Å². The first-order chi connectivity index (χ1) is 13.5. The second-order valence-corrected chi connectivity index (χ2v) is 9.44. The Morgan fingerprint density at radius 2 is 1.61 bits per heavy atom. The fraction of sp³-hybridized carbons (Fsp3) is 0.455. The molecule has 0 radical (unpaired) electrons. The lowest BCUT2D eigenvalue weighted by Crippen LogP contribution is -2.37. The van der Waals surface area contributed by atoms with Crippen LogP contribution in [0.5, 0.6) is 5.75 Å². The summed E-state index contributed by atoms with van der Waals surface area (Å²) in [4.78, 5) is 0.259. The molecule has 0 saturated heterocycles. The summed E-state index contributed by atoms with van der Waals surface area (Å²) < 4.78 is 33.4. The molecule has 28 heavy (non-hydrogen) atoms. The molecule has 0 amide bonds. The fourth-order valence-electron chi connectivity index (χ4n) is 4.01. The highest BCUT2D eigenvalue weighted by molar-refractivity contribution is 7.89. The van der Waals surface area contributed by atoms with Crippen LogP contribution in [0.1, 0.15) is 36.8 Å². The normalized spacial score (nSPS) is 16.2. The van der Waals surface area contributed by atoms with Gasteiger partial charge in [-0.3, -0.25) is 0 Å². The largest absolute Gasteiger partial charge is 0.497 e. The van der Waals surface area contributed by atoms with E-state index >= 15 is 0 Å². The summed E-state index contributed by atoms with van der Waals surface area (Å²) in [5, 5.41) is 9.06. The summed E-state index contributed by atoms with van der Waals surface area (Å²) in [6, 6.07) is 14.8. The number of ether oxygens (including phenoxy) is 1. The Kier molecular flexibility index (Phi) is 6.75. The van der Waals surface area contributed by atoms with Crippen LogP contribution in [-0.2, 0) is 22.9 Å². The molecule has 1 fully saturated rings. The molecule has 0 heterocycles. The number of aliphatic hydroxyl groups excluding tert-OH is 1. The Balaban J connectivity index is 1.69.